The van der Waals surface area contributed by atoms with Gasteiger partial charge in [0.1, 0.15) is 6.04 Å². The fraction of sp³-hybridized carbons (Fsp3) is 0.500. The molecule has 1 fully saturated rings. The summed E-state index contributed by atoms with van der Waals surface area (Å²) >= 11 is 12.2. The van der Waals surface area contributed by atoms with E-state index in [1.165, 1.54) is 29.8 Å². The minimum Gasteiger partial charge on any atom is -0.480 e. The van der Waals surface area contributed by atoms with Gasteiger partial charge in [-0.25, -0.2) is 4.79 Å². The molecule has 2 aliphatic rings. The SMILES string of the molecule is O=C(NC(CC1CC1CCCCc1ccc2c(n1)CCCC2)C(=O)O)c1c(Cl)cccc1Cl. The number of amides is 1. The number of aryl methyl sites for hydroxylation is 3. The Morgan fingerprint density at radius 3 is 2.58 bits per heavy atom. The van der Waals surface area contributed by atoms with Crippen molar-refractivity contribution in [1.82, 2.24) is 10.3 Å². The lowest BCUT2D eigenvalue weighted by atomic mass is 9.95. The van der Waals surface area contributed by atoms with Gasteiger partial charge in [-0.3, -0.25) is 9.78 Å². The number of nitrogens with one attached hydrogen (secondary N) is 1. The molecule has 5 nitrogen and oxygen atoms in total. The molecule has 1 aromatic heterocycles. The molecule has 7 heteroatoms. The van der Waals surface area contributed by atoms with Crippen LogP contribution in [0.1, 0.15) is 72.3 Å². The van der Waals surface area contributed by atoms with E-state index in [-0.39, 0.29) is 15.6 Å². The van der Waals surface area contributed by atoms with Crippen LogP contribution in [0.4, 0.5) is 0 Å². The van der Waals surface area contributed by atoms with Gasteiger partial charge in [-0.1, -0.05) is 48.2 Å². The van der Waals surface area contributed by atoms with Gasteiger partial charge in [0.15, 0.2) is 0 Å². The second kappa shape index (κ2) is 10.9. The van der Waals surface area contributed by atoms with Crippen LogP contribution in [-0.4, -0.2) is 28.0 Å². The molecule has 4 rings (SSSR count). The van der Waals surface area contributed by atoms with Crippen LogP contribution in [0.3, 0.4) is 0 Å². The number of aliphatic carboxylic acids is 1. The first-order chi connectivity index (χ1) is 15.9. The van der Waals surface area contributed by atoms with E-state index < -0.39 is 17.9 Å². The molecule has 2 aliphatic carbocycles. The van der Waals surface area contributed by atoms with Crippen LogP contribution >= 0.6 is 23.2 Å². The summed E-state index contributed by atoms with van der Waals surface area (Å²) in [5.41, 5.74) is 4.02. The van der Waals surface area contributed by atoms with Crippen molar-refractivity contribution in [2.24, 2.45) is 11.8 Å². The van der Waals surface area contributed by atoms with Gasteiger partial charge >= 0.3 is 5.97 Å². The van der Waals surface area contributed by atoms with E-state index in [0.29, 0.717) is 18.3 Å². The van der Waals surface area contributed by atoms with Crippen molar-refractivity contribution in [3.8, 4) is 0 Å². The molecule has 0 spiro atoms. The molecular formula is C26H30Cl2N2O3. The zero-order valence-electron chi connectivity index (χ0n) is 18.7. The minimum atomic E-state index is -1.03. The molecular weight excluding hydrogens is 459 g/mol. The standard InChI is InChI=1S/C26H30Cl2N2O3/c27-20-9-5-10-21(28)24(20)25(31)30-23(26(32)33)15-18-14-17(18)7-1-3-8-19-13-12-16-6-2-4-11-22(16)29-19/h5,9-10,12-13,17-18,23H,1-4,6-8,11,14-15H2,(H,30,31)(H,32,33). The lowest BCUT2D eigenvalue weighted by Crippen LogP contribution is -2.41. The fourth-order valence-corrected chi connectivity index (χ4v) is 5.47. The highest BCUT2D eigenvalue weighted by atomic mass is 35.5. The lowest BCUT2D eigenvalue weighted by Gasteiger charge is -2.16. The Kier molecular flexibility index (Phi) is 7.92. The summed E-state index contributed by atoms with van der Waals surface area (Å²) in [6.45, 7) is 0. The number of unbranched alkanes of at least 4 members (excludes halogenated alkanes) is 1. The minimum absolute atomic E-state index is 0.121. The number of hydrogen-bond donors (Lipinski definition) is 2. The normalized spacial score (nSPS) is 20.1. The summed E-state index contributed by atoms with van der Waals surface area (Å²) in [5.74, 6) is -0.720. The highest BCUT2D eigenvalue weighted by Gasteiger charge is 2.40. The maximum atomic E-state index is 12.6. The maximum absolute atomic E-state index is 12.6. The van der Waals surface area contributed by atoms with Crippen molar-refractivity contribution in [3.63, 3.8) is 0 Å². The second-order valence-corrected chi connectivity index (χ2v) is 10.1. The summed E-state index contributed by atoms with van der Waals surface area (Å²) in [6.07, 6.45) is 10.5. The predicted molar refractivity (Wildman–Crippen MR) is 130 cm³/mol. The fourth-order valence-electron chi connectivity index (χ4n) is 4.90. The number of halogens is 2. The molecule has 1 aromatic carbocycles. The lowest BCUT2D eigenvalue weighted by molar-refractivity contribution is -0.139. The van der Waals surface area contributed by atoms with Crippen molar-refractivity contribution in [2.75, 3.05) is 0 Å². The number of carboxylic acid groups (broad SMARTS) is 1. The molecule has 33 heavy (non-hydrogen) atoms. The van der Waals surface area contributed by atoms with Crippen LogP contribution in [0, 0.1) is 11.8 Å². The second-order valence-electron chi connectivity index (χ2n) is 9.31. The first-order valence-corrected chi connectivity index (χ1v) is 12.6. The van der Waals surface area contributed by atoms with Gasteiger partial charge in [0.05, 0.1) is 15.6 Å². The predicted octanol–water partition coefficient (Wildman–Crippen LogP) is 5.89. The molecule has 0 bridgehead atoms. The van der Waals surface area contributed by atoms with Crippen molar-refractivity contribution in [3.05, 3.63) is 62.9 Å². The van der Waals surface area contributed by atoms with Gasteiger partial charge in [0.2, 0.25) is 0 Å². The molecule has 3 unspecified atom stereocenters. The molecule has 3 atom stereocenters. The van der Waals surface area contributed by atoms with Crippen LogP contribution in [0.2, 0.25) is 10.0 Å². The number of aromatic nitrogens is 1. The molecule has 0 radical (unpaired) electrons. The Morgan fingerprint density at radius 1 is 1.06 bits per heavy atom. The Balaban J connectivity index is 1.21. The van der Waals surface area contributed by atoms with Gasteiger partial charge in [0, 0.05) is 11.4 Å². The average Bonchev–Trinajstić information content (AvgIpc) is 3.53. The van der Waals surface area contributed by atoms with Crippen LogP contribution in [0.25, 0.3) is 0 Å². The van der Waals surface area contributed by atoms with E-state index in [9.17, 15) is 14.7 Å². The molecule has 1 heterocycles. The number of carboxylic acids is 1. The topological polar surface area (TPSA) is 79.3 Å². The quantitative estimate of drug-likeness (QED) is 0.408. The van der Waals surface area contributed by atoms with E-state index in [2.05, 4.69) is 17.4 Å². The summed E-state index contributed by atoms with van der Waals surface area (Å²) in [6, 6.07) is 8.26. The molecule has 0 aliphatic heterocycles. The van der Waals surface area contributed by atoms with Crippen molar-refractivity contribution in [2.45, 2.75) is 70.3 Å². The van der Waals surface area contributed by atoms with E-state index >= 15 is 0 Å². The first-order valence-electron chi connectivity index (χ1n) is 11.9. The number of fused-ring (bicyclic) bond motifs is 1. The number of hydrogen-bond acceptors (Lipinski definition) is 3. The van der Waals surface area contributed by atoms with Gasteiger partial charge in [-0.2, -0.15) is 0 Å². The van der Waals surface area contributed by atoms with Crippen LogP contribution in [-0.2, 0) is 24.1 Å². The summed E-state index contributed by atoms with van der Waals surface area (Å²) in [7, 11) is 0. The Hall–Kier alpha value is -2.11. The third kappa shape index (κ3) is 6.27. The van der Waals surface area contributed by atoms with E-state index in [4.69, 9.17) is 28.2 Å². The molecule has 2 N–H and O–H groups in total. The Morgan fingerprint density at radius 2 is 1.82 bits per heavy atom. The Labute approximate surface area is 204 Å². The molecule has 2 aromatic rings. The van der Waals surface area contributed by atoms with Gasteiger partial charge in [-0.15, -0.1) is 0 Å². The summed E-state index contributed by atoms with van der Waals surface area (Å²) < 4.78 is 0. The highest BCUT2D eigenvalue weighted by Crippen LogP contribution is 2.45. The van der Waals surface area contributed by atoms with Crippen LogP contribution in [0.5, 0.6) is 0 Å². The number of nitrogens with zero attached hydrogens (tertiary/aromatic N) is 1. The maximum Gasteiger partial charge on any atom is 0.326 e. The van der Waals surface area contributed by atoms with E-state index in [0.717, 1.165) is 44.9 Å². The van der Waals surface area contributed by atoms with E-state index in [1.54, 1.807) is 18.2 Å². The molecule has 0 saturated heterocycles. The third-order valence-electron chi connectivity index (χ3n) is 6.89. The number of rotatable bonds is 10. The smallest absolute Gasteiger partial charge is 0.326 e. The molecule has 1 amide bonds. The summed E-state index contributed by atoms with van der Waals surface area (Å²) in [4.78, 5) is 29.2. The van der Waals surface area contributed by atoms with Crippen molar-refractivity contribution >= 4 is 35.1 Å². The van der Waals surface area contributed by atoms with Gasteiger partial charge in [-0.05, 0) is 87.0 Å². The average molecular weight is 489 g/mol. The number of carbonyl (C=O) groups excluding carboxylic acids is 1. The van der Waals surface area contributed by atoms with Gasteiger partial charge < -0.3 is 10.4 Å². The van der Waals surface area contributed by atoms with Gasteiger partial charge in [0.25, 0.3) is 5.91 Å². The first kappa shape index (κ1) is 24.0. The van der Waals surface area contributed by atoms with Crippen molar-refractivity contribution in [1.29, 1.82) is 0 Å². The molecule has 1 saturated carbocycles. The zero-order valence-corrected chi connectivity index (χ0v) is 20.2. The molecule has 176 valence electrons. The number of pyridine rings is 1. The number of benzene rings is 1. The summed E-state index contributed by atoms with van der Waals surface area (Å²) in [5, 5.41) is 12.6. The number of carbonyl (C=O) groups is 2. The third-order valence-corrected chi connectivity index (χ3v) is 7.52. The van der Waals surface area contributed by atoms with E-state index in [1.807, 2.05) is 0 Å². The zero-order chi connectivity index (χ0) is 23.4. The largest absolute Gasteiger partial charge is 0.480 e. The Bertz CT molecular complexity index is 1010. The van der Waals surface area contributed by atoms with Crippen molar-refractivity contribution < 1.29 is 14.7 Å². The van der Waals surface area contributed by atoms with Crippen LogP contribution < -0.4 is 5.32 Å². The monoisotopic (exact) mass is 488 g/mol. The highest BCUT2D eigenvalue weighted by molar-refractivity contribution is 6.39. The van der Waals surface area contributed by atoms with Crippen LogP contribution in [0.15, 0.2) is 30.3 Å².